The highest BCUT2D eigenvalue weighted by molar-refractivity contribution is 5.95. The lowest BCUT2D eigenvalue weighted by Crippen LogP contribution is -2.45. The Balaban J connectivity index is 1.83. The Morgan fingerprint density at radius 2 is 1.78 bits per heavy atom. The summed E-state index contributed by atoms with van der Waals surface area (Å²) in [5, 5.41) is 5.43. The number of nitrogens with one attached hydrogen (secondary N) is 2. The Hall–Kier alpha value is -3.68. The molecule has 1 atom stereocenters. The largest absolute Gasteiger partial charge is 0.497 e. The molecule has 2 aromatic carbocycles. The van der Waals surface area contributed by atoms with Crippen molar-refractivity contribution in [2.45, 2.75) is 32.9 Å². The van der Waals surface area contributed by atoms with Gasteiger partial charge in [-0.15, -0.1) is 0 Å². The Labute approximate surface area is 187 Å². The Morgan fingerprint density at radius 3 is 2.44 bits per heavy atom. The molecule has 1 heterocycles. The van der Waals surface area contributed by atoms with E-state index in [1.54, 1.807) is 32.2 Å². The molecule has 32 heavy (non-hydrogen) atoms. The van der Waals surface area contributed by atoms with Crippen LogP contribution in [-0.4, -0.2) is 32.8 Å². The molecule has 0 saturated heterocycles. The predicted molar refractivity (Wildman–Crippen MR) is 119 cm³/mol. The summed E-state index contributed by atoms with van der Waals surface area (Å²) < 4.78 is 21.9. The molecule has 3 rings (SSSR count). The molecule has 2 N–H and O–H groups in total. The summed E-state index contributed by atoms with van der Waals surface area (Å²) in [6.07, 6.45) is 0.705. The van der Waals surface area contributed by atoms with Gasteiger partial charge in [0.15, 0.2) is 11.5 Å². The van der Waals surface area contributed by atoms with Crippen LogP contribution in [0.2, 0.25) is 0 Å². The molecule has 2 amide bonds. The van der Waals surface area contributed by atoms with Crippen LogP contribution in [0.4, 0.5) is 4.79 Å². The van der Waals surface area contributed by atoms with E-state index in [0.29, 0.717) is 48.0 Å². The van der Waals surface area contributed by atoms with Gasteiger partial charge >= 0.3 is 12.0 Å². The first-order valence-corrected chi connectivity index (χ1v) is 10.4. The lowest BCUT2D eigenvalue weighted by atomic mass is 9.95. The molecule has 1 aliphatic rings. The number of urea groups is 1. The van der Waals surface area contributed by atoms with Gasteiger partial charge in [-0.3, -0.25) is 0 Å². The van der Waals surface area contributed by atoms with Crippen LogP contribution in [0.15, 0.2) is 53.7 Å². The van der Waals surface area contributed by atoms with E-state index < -0.39 is 18.0 Å². The molecule has 0 spiro atoms. The minimum absolute atomic E-state index is 0.303. The highest BCUT2D eigenvalue weighted by Gasteiger charge is 2.32. The standard InChI is InChI=1S/C24H28N2O6/c1-5-12-31-23(27)21-15(2)25-24(28)26-22(21)17-8-11-19(20(13-17)30-4)32-14-16-6-9-18(29-3)10-7-16/h6-11,13,22H,5,12,14H2,1-4H3,(H2,25,26,28). The summed E-state index contributed by atoms with van der Waals surface area (Å²) in [6.45, 7) is 4.25. The van der Waals surface area contributed by atoms with E-state index in [1.807, 2.05) is 31.2 Å². The lowest BCUT2D eigenvalue weighted by molar-refractivity contribution is -0.139. The van der Waals surface area contributed by atoms with Crippen molar-refractivity contribution in [3.63, 3.8) is 0 Å². The summed E-state index contributed by atoms with van der Waals surface area (Å²) in [5.74, 6) is 1.34. The second-order valence-corrected chi connectivity index (χ2v) is 7.25. The van der Waals surface area contributed by atoms with Crippen LogP contribution < -0.4 is 24.8 Å². The van der Waals surface area contributed by atoms with Crippen LogP contribution in [0, 0.1) is 0 Å². The Morgan fingerprint density at radius 1 is 1.03 bits per heavy atom. The van der Waals surface area contributed by atoms with E-state index in [4.69, 9.17) is 18.9 Å². The molecular formula is C24H28N2O6. The van der Waals surface area contributed by atoms with Crippen LogP contribution in [0.25, 0.3) is 0 Å². The molecule has 2 aromatic rings. The molecule has 0 aromatic heterocycles. The van der Waals surface area contributed by atoms with Crippen molar-refractivity contribution in [3.8, 4) is 17.2 Å². The van der Waals surface area contributed by atoms with Gasteiger partial charge < -0.3 is 29.6 Å². The van der Waals surface area contributed by atoms with Gasteiger partial charge in [-0.05, 0) is 48.7 Å². The maximum Gasteiger partial charge on any atom is 0.338 e. The van der Waals surface area contributed by atoms with Gasteiger partial charge in [0, 0.05) is 5.70 Å². The van der Waals surface area contributed by atoms with Crippen LogP contribution >= 0.6 is 0 Å². The third-order valence-corrected chi connectivity index (χ3v) is 5.00. The number of methoxy groups -OCH3 is 2. The summed E-state index contributed by atoms with van der Waals surface area (Å²) in [5.41, 5.74) is 2.46. The average molecular weight is 440 g/mol. The van der Waals surface area contributed by atoms with Crippen LogP contribution in [0.1, 0.15) is 37.4 Å². The molecule has 8 heteroatoms. The first-order valence-electron chi connectivity index (χ1n) is 10.4. The quantitative estimate of drug-likeness (QED) is 0.575. The fourth-order valence-corrected chi connectivity index (χ4v) is 3.35. The summed E-state index contributed by atoms with van der Waals surface area (Å²) >= 11 is 0. The van der Waals surface area contributed by atoms with Crippen molar-refractivity contribution < 1.29 is 28.5 Å². The molecular weight excluding hydrogens is 412 g/mol. The minimum atomic E-state index is -0.669. The first kappa shape index (κ1) is 23.0. The number of allylic oxidation sites excluding steroid dienone is 1. The molecule has 1 unspecified atom stereocenters. The molecule has 0 fully saturated rings. The third-order valence-electron chi connectivity index (χ3n) is 5.00. The summed E-state index contributed by atoms with van der Waals surface area (Å²) in [6, 6.07) is 11.8. The normalized spacial score (nSPS) is 15.5. The molecule has 0 aliphatic carbocycles. The number of amides is 2. The maximum absolute atomic E-state index is 12.6. The maximum atomic E-state index is 12.6. The fraction of sp³-hybridized carbons (Fsp3) is 0.333. The molecule has 1 aliphatic heterocycles. The Bertz CT molecular complexity index is 1000. The zero-order valence-corrected chi connectivity index (χ0v) is 18.7. The van der Waals surface area contributed by atoms with Crippen LogP contribution in [0.3, 0.4) is 0 Å². The van der Waals surface area contributed by atoms with E-state index >= 15 is 0 Å². The zero-order chi connectivity index (χ0) is 23.1. The highest BCUT2D eigenvalue weighted by Crippen LogP contribution is 2.35. The van der Waals surface area contributed by atoms with E-state index in [1.165, 1.54) is 7.11 Å². The van der Waals surface area contributed by atoms with Crippen molar-refractivity contribution in [3.05, 3.63) is 64.9 Å². The highest BCUT2D eigenvalue weighted by atomic mass is 16.5. The minimum Gasteiger partial charge on any atom is -0.497 e. The summed E-state index contributed by atoms with van der Waals surface area (Å²) in [4.78, 5) is 24.7. The average Bonchev–Trinajstić information content (AvgIpc) is 2.80. The van der Waals surface area contributed by atoms with E-state index in [9.17, 15) is 9.59 Å². The number of hydrogen-bond acceptors (Lipinski definition) is 6. The molecule has 0 bridgehead atoms. The number of esters is 1. The monoisotopic (exact) mass is 440 g/mol. The van der Waals surface area contributed by atoms with Gasteiger partial charge in [0.05, 0.1) is 32.4 Å². The van der Waals surface area contributed by atoms with Gasteiger partial charge in [-0.25, -0.2) is 9.59 Å². The Kier molecular flexibility index (Phi) is 7.59. The van der Waals surface area contributed by atoms with Gasteiger partial charge in [0.2, 0.25) is 0 Å². The van der Waals surface area contributed by atoms with Crippen molar-refractivity contribution in [2.24, 2.45) is 0 Å². The van der Waals surface area contributed by atoms with E-state index in [0.717, 1.165) is 11.3 Å². The van der Waals surface area contributed by atoms with Crippen molar-refractivity contribution >= 4 is 12.0 Å². The SMILES string of the molecule is CCCOC(=O)C1=C(C)NC(=O)NC1c1ccc(OCc2ccc(OC)cc2)c(OC)c1. The van der Waals surface area contributed by atoms with Crippen molar-refractivity contribution in [1.29, 1.82) is 0 Å². The number of hydrogen-bond donors (Lipinski definition) is 2. The van der Waals surface area contributed by atoms with Crippen molar-refractivity contribution in [2.75, 3.05) is 20.8 Å². The molecule has 0 radical (unpaired) electrons. The van der Waals surface area contributed by atoms with E-state index in [2.05, 4.69) is 10.6 Å². The van der Waals surface area contributed by atoms with E-state index in [-0.39, 0.29) is 0 Å². The number of carbonyl (C=O) groups excluding carboxylic acids is 2. The number of benzene rings is 2. The van der Waals surface area contributed by atoms with Crippen molar-refractivity contribution in [1.82, 2.24) is 10.6 Å². The molecule has 170 valence electrons. The zero-order valence-electron chi connectivity index (χ0n) is 18.7. The second-order valence-electron chi connectivity index (χ2n) is 7.25. The second kappa shape index (κ2) is 10.6. The van der Waals surface area contributed by atoms with Crippen LogP contribution in [-0.2, 0) is 16.1 Å². The fourth-order valence-electron chi connectivity index (χ4n) is 3.35. The smallest absolute Gasteiger partial charge is 0.338 e. The van der Waals surface area contributed by atoms with Gasteiger partial charge in [-0.2, -0.15) is 0 Å². The van der Waals surface area contributed by atoms with Gasteiger partial charge in [-0.1, -0.05) is 25.1 Å². The van der Waals surface area contributed by atoms with Gasteiger partial charge in [0.25, 0.3) is 0 Å². The third kappa shape index (κ3) is 5.32. The van der Waals surface area contributed by atoms with Gasteiger partial charge in [0.1, 0.15) is 12.4 Å². The number of rotatable bonds is 9. The number of ether oxygens (including phenoxy) is 4. The topological polar surface area (TPSA) is 95.1 Å². The predicted octanol–water partition coefficient (Wildman–Crippen LogP) is 3.86. The molecule has 8 nitrogen and oxygen atoms in total. The van der Waals surface area contributed by atoms with Crippen LogP contribution in [0.5, 0.6) is 17.2 Å². The summed E-state index contributed by atoms with van der Waals surface area (Å²) in [7, 11) is 3.16. The number of carbonyl (C=O) groups is 2. The lowest BCUT2D eigenvalue weighted by Gasteiger charge is -2.28. The first-order chi connectivity index (χ1) is 15.5. The molecule has 0 saturated carbocycles.